The number of allylic oxidation sites excluding steroid dienone is 4. The Balaban J connectivity index is 1.30. The van der Waals surface area contributed by atoms with E-state index in [9.17, 15) is 13.2 Å². The molecule has 0 saturated carbocycles. The second-order valence-electron chi connectivity index (χ2n) is 9.95. The Bertz CT molecular complexity index is 1840. The Hall–Kier alpha value is -5.11. The van der Waals surface area contributed by atoms with Gasteiger partial charge in [0.25, 0.3) is 0 Å². The lowest BCUT2D eigenvalue weighted by molar-refractivity contribution is -0.137. The van der Waals surface area contributed by atoms with E-state index in [4.69, 9.17) is 9.97 Å². The van der Waals surface area contributed by atoms with Crippen molar-refractivity contribution in [2.45, 2.75) is 18.4 Å². The highest BCUT2D eigenvalue weighted by Gasteiger charge is 2.30. The molecule has 2 aliphatic rings. The number of nitrogens with zero attached hydrogens (tertiary/aromatic N) is 3. The second kappa shape index (κ2) is 9.82. The molecule has 0 bridgehead atoms. The van der Waals surface area contributed by atoms with Crippen molar-refractivity contribution < 1.29 is 13.2 Å². The maximum atomic E-state index is 13.2. The Labute approximate surface area is 234 Å². The predicted molar refractivity (Wildman–Crippen MR) is 155 cm³/mol. The third-order valence-electron chi connectivity index (χ3n) is 7.38. The summed E-state index contributed by atoms with van der Waals surface area (Å²) in [6.45, 7) is 0. The molecular formula is C33H24F3N5. The molecule has 7 rings (SSSR count). The van der Waals surface area contributed by atoms with Gasteiger partial charge in [-0.1, -0.05) is 48.6 Å². The summed E-state index contributed by atoms with van der Waals surface area (Å²) in [4.78, 5) is 9.55. The van der Waals surface area contributed by atoms with E-state index in [-0.39, 0.29) is 12.2 Å². The fourth-order valence-electron chi connectivity index (χ4n) is 5.42. The summed E-state index contributed by atoms with van der Waals surface area (Å²) in [5, 5.41) is 9.17. The van der Waals surface area contributed by atoms with Gasteiger partial charge < -0.3 is 15.2 Å². The molecule has 202 valence electrons. The molecule has 2 aromatic carbocycles. The number of aromatic nitrogens is 3. The third-order valence-corrected chi connectivity index (χ3v) is 7.38. The van der Waals surface area contributed by atoms with E-state index in [1.807, 2.05) is 66.9 Å². The number of hydrogen-bond donors (Lipinski definition) is 2. The van der Waals surface area contributed by atoms with Crippen LogP contribution in [-0.2, 0) is 6.18 Å². The topological polar surface area (TPSA) is 54.8 Å². The highest BCUT2D eigenvalue weighted by Crippen LogP contribution is 2.34. The molecule has 2 aliphatic heterocycles. The fourth-order valence-corrected chi connectivity index (χ4v) is 5.42. The first kappa shape index (κ1) is 24.9. The number of pyridine rings is 2. The van der Waals surface area contributed by atoms with E-state index < -0.39 is 11.7 Å². The van der Waals surface area contributed by atoms with Gasteiger partial charge in [0.15, 0.2) is 0 Å². The number of halogens is 3. The lowest BCUT2D eigenvalue weighted by atomic mass is 10.0. The molecule has 5 nitrogen and oxygen atoms in total. The number of para-hydroxylation sites is 1. The highest BCUT2D eigenvalue weighted by molar-refractivity contribution is 6.06. The summed E-state index contributed by atoms with van der Waals surface area (Å²) in [6, 6.07) is 21.1. The van der Waals surface area contributed by atoms with Gasteiger partial charge >= 0.3 is 6.18 Å². The molecule has 3 aromatic heterocycles. The summed E-state index contributed by atoms with van der Waals surface area (Å²) in [5.41, 5.74) is 4.93. The molecule has 0 radical (unpaired) electrons. The normalized spacial score (nSPS) is 18.4. The minimum atomic E-state index is -4.40. The molecule has 2 unspecified atom stereocenters. The van der Waals surface area contributed by atoms with Crippen LogP contribution >= 0.6 is 0 Å². The van der Waals surface area contributed by atoms with Gasteiger partial charge in [0.1, 0.15) is 11.8 Å². The smallest absolute Gasteiger partial charge is 0.379 e. The zero-order valence-corrected chi connectivity index (χ0v) is 21.7. The minimum absolute atomic E-state index is 0.176. The molecule has 2 atom stereocenters. The van der Waals surface area contributed by atoms with Gasteiger partial charge in [-0.3, -0.25) is 4.98 Å². The molecule has 0 spiro atoms. The first-order valence-electron chi connectivity index (χ1n) is 13.2. The maximum absolute atomic E-state index is 13.2. The van der Waals surface area contributed by atoms with Crippen molar-refractivity contribution in [3.63, 3.8) is 0 Å². The highest BCUT2D eigenvalue weighted by atomic mass is 19.4. The number of fused-ring (bicyclic) bond motifs is 3. The molecule has 8 heteroatoms. The van der Waals surface area contributed by atoms with Gasteiger partial charge in [-0.15, -0.1) is 0 Å². The Morgan fingerprint density at radius 1 is 0.805 bits per heavy atom. The number of rotatable bonds is 4. The van der Waals surface area contributed by atoms with Gasteiger partial charge in [-0.2, -0.15) is 13.2 Å². The Morgan fingerprint density at radius 3 is 2.44 bits per heavy atom. The zero-order chi connectivity index (χ0) is 28.0. The summed E-state index contributed by atoms with van der Waals surface area (Å²) in [6.07, 6.45) is 11.0. The Morgan fingerprint density at radius 2 is 1.63 bits per heavy atom. The van der Waals surface area contributed by atoms with E-state index in [2.05, 4.69) is 39.5 Å². The standard InChI is InChI=1S/C33H24F3N5/c34-33(35,36)23-15-13-21(14-16-23)28-19-22(20-29(39-28)27-9-3-4-17-37-27)26-10-5-12-31(40-26)41-30-11-2-1-7-24(30)25-8-6-18-38-32(25)41/h1-20,27,31,37,40H. The third kappa shape index (κ3) is 4.57. The van der Waals surface area contributed by atoms with Crippen molar-refractivity contribution >= 4 is 27.6 Å². The average molecular weight is 548 g/mol. The van der Waals surface area contributed by atoms with Crippen LogP contribution in [0.1, 0.15) is 29.0 Å². The van der Waals surface area contributed by atoms with Crippen LogP contribution in [0.2, 0.25) is 0 Å². The summed E-state index contributed by atoms with van der Waals surface area (Å²) in [5.74, 6) is 0. The predicted octanol–water partition coefficient (Wildman–Crippen LogP) is 7.68. The summed E-state index contributed by atoms with van der Waals surface area (Å²) >= 11 is 0. The second-order valence-corrected chi connectivity index (χ2v) is 9.95. The molecule has 0 fully saturated rings. The van der Waals surface area contributed by atoms with Crippen molar-refractivity contribution in [3.8, 4) is 11.3 Å². The van der Waals surface area contributed by atoms with Crippen LogP contribution in [0.15, 0.2) is 122 Å². The van der Waals surface area contributed by atoms with Crippen LogP contribution in [-0.4, -0.2) is 14.5 Å². The molecular weight excluding hydrogens is 523 g/mol. The van der Waals surface area contributed by atoms with Gasteiger partial charge in [0.2, 0.25) is 0 Å². The minimum Gasteiger partial charge on any atom is -0.379 e. The van der Waals surface area contributed by atoms with Gasteiger partial charge in [-0.25, -0.2) is 4.98 Å². The first-order valence-corrected chi connectivity index (χ1v) is 13.2. The number of benzene rings is 2. The number of dihydropyridines is 2. The molecule has 2 N–H and O–H groups in total. The van der Waals surface area contributed by atoms with Crippen LogP contribution < -0.4 is 10.6 Å². The van der Waals surface area contributed by atoms with Crippen molar-refractivity contribution in [2.75, 3.05) is 0 Å². The lowest BCUT2D eigenvalue weighted by Gasteiger charge is -2.26. The number of nitrogens with one attached hydrogen (secondary N) is 2. The fraction of sp³-hybridized carbons (Fsp3) is 0.0909. The number of alkyl halides is 3. The van der Waals surface area contributed by atoms with Gasteiger partial charge in [0, 0.05) is 33.8 Å². The summed E-state index contributed by atoms with van der Waals surface area (Å²) < 4.78 is 41.8. The molecule has 41 heavy (non-hydrogen) atoms. The van der Waals surface area contributed by atoms with E-state index in [0.29, 0.717) is 11.3 Å². The van der Waals surface area contributed by atoms with Crippen LogP contribution in [0.3, 0.4) is 0 Å². The van der Waals surface area contributed by atoms with Crippen LogP contribution in [0.5, 0.6) is 0 Å². The van der Waals surface area contributed by atoms with Crippen molar-refractivity contribution in [1.29, 1.82) is 0 Å². The van der Waals surface area contributed by atoms with E-state index in [0.717, 1.165) is 51.0 Å². The Kier molecular flexibility index (Phi) is 5.96. The molecule has 0 saturated heterocycles. The van der Waals surface area contributed by atoms with Crippen LogP contribution in [0.25, 0.3) is 38.9 Å². The zero-order valence-electron chi connectivity index (χ0n) is 21.7. The number of hydrogen-bond acceptors (Lipinski definition) is 4. The summed E-state index contributed by atoms with van der Waals surface area (Å²) in [7, 11) is 0. The molecule has 0 amide bonds. The van der Waals surface area contributed by atoms with Gasteiger partial charge in [0.05, 0.1) is 28.5 Å². The first-order chi connectivity index (χ1) is 20.0. The van der Waals surface area contributed by atoms with Crippen molar-refractivity contribution in [1.82, 2.24) is 25.2 Å². The van der Waals surface area contributed by atoms with E-state index in [1.54, 1.807) is 6.20 Å². The molecule has 0 aliphatic carbocycles. The van der Waals surface area contributed by atoms with Crippen LogP contribution in [0, 0.1) is 0 Å². The van der Waals surface area contributed by atoms with Crippen molar-refractivity contribution in [2.24, 2.45) is 0 Å². The van der Waals surface area contributed by atoms with E-state index >= 15 is 0 Å². The molecule has 5 heterocycles. The maximum Gasteiger partial charge on any atom is 0.416 e. The largest absolute Gasteiger partial charge is 0.416 e. The quantitative estimate of drug-likeness (QED) is 0.242. The van der Waals surface area contributed by atoms with Crippen LogP contribution in [0.4, 0.5) is 13.2 Å². The monoisotopic (exact) mass is 547 g/mol. The lowest BCUT2D eigenvalue weighted by Crippen LogP contribution is -2.26. The SMILES string of the molecule is FC(F)(F)c1ccc(-c2cc(C3=CC=CC(n4c5ccccc5c5cccnc54)N3)cc(C3C=CC=CN3)n2)cc1. The van der Waals surface area contributed by atoms with E-state index in [1.165, 1.54) is 12.1 Å². The van der Waals surface area contributed by atoms with Crippen molar-refractivity contribution in [3.05, 3.63) is 138 Å². The average Bonchev–Trinajstić information content (AvgIpc) is 3.35. The molecule has 5 aromatic rings. The van der Waals surface area contributed by atoms with Gasteiger partial charge in [-0.05, 0) is 66.9 Å².